The molecule has 0 radical (unpaired) electrons. The average molecular weight is 464 g/mol. The molecule has 1 aromatic heterocycles. The number of amides is 1. The molecule has 1 aromatic carbocycles. The van der Waals surface area contributed by atoms with Crippen molar-refractivity contribution >= 4 is 82.4 Å². The van der Waals surface area contributed by atoms with E-state index in [2.05, 4.69) is 53.1 Å². The summed E-state index contributed by atoms with van der Waals surface area (Å²) in [4.78, 5) is 13.1. The predicted molar refractivity (Wildman–Crippen MR) is 90.4 cm³/mol. The fraction of sp³-hybridized carbons (Fsp3) is 0. The van der Waals surface area contributed by atoms with Crippen LogP contribution in [0.5, 0.6) is 0 Å². The maximum absolute atomic E-state index is 12.1. The Bertz CT molecular complexity index is 721. The highest BCUT2D eigenvalue weighted by Gasteiger charge is 2.26. The standard InChI is InChI=1S/C13H6Br3NOS/c14-6-3-7-8(5-11-9(15)1-2-19-11)13(18)17-12(7)10(16)4-6/h1-5H,(H,17,18). The van der Waals surface area contributed by atoms with Crippen molar-refractivity contribution in [1.29, 1.82) is 0 Å². The normalized spacial score (nSPS) is 15.7. The smallest absolute Gasteiger partial charge is 0.256 e. The van der Waals surface area contributed by atoms with Crippen LogP contribution in [0.2, 0.25) is 0 Å². The van der Waals surface area contributed by atoms with Crippen LogP contribution in [0.3, 0.4) is 0 Å². The number of hydrogen-bond acceptors (Lipinski definition) is 2. The molecule has 1 N–H and O–H groups in total. The highest BCUT2D eigenvalue weighted by molar-refractivity contribution is 9.11. The van der Waals surface area contributed by atoms with E-state index in [-0.39, 0.29) is 5.91 Å². The lowest BCUT2D eigenvalue weighted by molar-refractivity contribution is -0.110. The molecular formula is C13H6Br3NOS. The fourth-order valence-electron chi connectivity index (χ4n) is 1.90. The van der Waals surface area contributed by atoms with E-state index < -0.39 is 0 Å². The number of anilines is 1. The van der Waals surface area contributed by atoms with Gasteiger partial charge in [0.1, 0.15) is 0 Å². The number of carbonyl (C=O) groups is 1. The first-order valence-electron chi connectivity index (χ1n) is 5.31. The van der Waals surface area contributed by atoms with Crippen molar-refractivity contribution in [2.75, 3.05) is 5.32 Å². The van der Waals surface area contributed by atoms with Crippen molar-refractivity contribution in [3.05, 3.63) is 47.4 Å². The van der Waals surface area contributed by atoms with Crippen molar-refractivity contribution in [2.45, 2.75) is 0 Å². The zero-order chi connectivity index (χ0) is 13.6. The lowest BCUT2D eigenvalue weighted by atomic mass is 10.1. The largest absolute Gasteiger partial charge is 0.320 e. The second-order valence-electron chi connectivity index (χ2n) is 3.96. The summed E-state index contributed by atoms with van der Waals surface area (Å²) in [5, 5.41) is 4.88. The van der Waals surface area contributed by atoms with Crippen LogP contribution in [0, 0.1) is 0 Å². The van der Waals surface area contributed by atoms with Gasteiger partial charge in [-0.25, -0.2) is 0 Å². The second-order valence-corrected chi connectivity index (χ2v) is 7.53. The van der Waals surface area contributed by atoms with E-state index in [0.717, 1.165) is 29.5 Å². The summed E-state index contributed by atoms with van der Waals surface area (Å²) in [5.41, 5.74) is 2.42. The van der Waals surface area contributed by atoms with Gasteiger partial charge in [0, 0.05) is 23.9 Å². The third-order valence-corrected chi connectivity index (χ3v) is 5.65. The van der Waals surface area contributed by atoms with Crippen LogP contribution < -0.4 is 5.32 Å². The van der Waals surface area contributed by atoms with E-state index in [9.17, 15) is 4.79 Å². The summed E-state index contributed by atoms with van der Waals surface area (Å²) in [6, 6.07) is 5.84. The van der Waals surface area contributed by atoms with E-state index in [1.807, 2.05) is 29.7 Å². The maximum Gasteiger partial charge on any atom is 0.256 e. The van der Waals surface area contributed by atoms with E-state index in [0.29, 0.717) is 5.57 Å². The maximum atomic E-state index is 12.1. The molecule has 19 heavy (non-hydrogen) atoms. The van der Waals surface area contributed by atoms with Crippen LogP contribution in [0.4, 0.5) is 5.69 Å². The summed E-state index contributed by atoms with van der Waals surface area (Å²) in [7, 11) is 0. The third-order valence-electron chi connectivity index (χ3n) is 2.75. The van der Waals surface area contributed by atoms with E-state index in [1.165, 1.54) is 0 Å². The number of nitrogens with one attached hydrogen (secondary N) is 1. The van der Waals surface area contributed by atoms with Gasteiger partial charge >= 0.3 is 0 Å². The molecule has 2 aromatic rings. The van der Waals surface area contributed by atoms with Crippen LogP contribution in [-0.4, -0.2) is 5.91 Å². The Labute approximate surface area is 139 Å². The van der Waals surface area contributed by atoms with Gasteiger partial charge in [-0.3, -0.25) is 4.79 Å². The fourth-order valence-corrected chi connectivity index (χ4v) is 4.64. The lowest BCUT2D eigenvalue weighted by Crippen LogP contribution is -2.03. The van der Waals surface area contributed by atoms with Gasteiger partial charge < -0.3 is 5.32 Å². The van der Waals surface area contributed by atoms with Gasteiger partial charge in [0.2, 0.25) is 0 Å². The molecule has 3 rings (SSSR count). The zero-order valence-electron chi connectivity index (χ0n) is 9.34. The topological polar surface area (TPSA) is 29.1 Å². The number of rotatable bonds is 1. The SMILES string of the molecule is O=C1Nc2c(Br)cc(Br)cc2C1=Cc1sccc1Br. The Morgan fingerprint density at radius 2 is 1.95 bits per heavy atom. The monoisotopic (exact) mass is 461 g/mol. The summed E-state index contributed by atoms with van der Waals surface area (Å²) < 4.78 is 2.81. The Morgan fingerprint density at radius 1 is 1.16 bits per heavy atom. The molecule has 2 nitrogen and oxygen atoms in total. The minimum Gasteiger partial charge on any atom is -0.320 e. The Kier molecular flexibility index (Phi) is 3.68. The number of thiophene rings is 1. The molecule has 0 aliphatic carbocycles. The highest BCUT2D eigenvalue weighted by Crippen LogP contribution is 2.41. The van der Waals surface area contributed by atoms with Crippen molar-refractivity contribution in [3.8, 4) is 0 Å². The van der Waals surface area contributed by atoms with Gasteiger partial charge in [-0.2, -0.15) is 0 Å². The third kappa shape index (κ3) is 2.46. The molecule has 2 heterocycles. The Hall–Kier alpha value is -0.430. The molecule has 0 bridgehead atoms. The first-order valence-corrected chi connectivity index (χ1v) is 8.57. The molecule has 1 amide bonds. The molecule has 96 valence electrons. The summed E-state index contributed by atoms with van der Waals surface area (Å²) >= 11 is 12.0. The lowest BCUT2D eigenvalue weighted by Gasteiger charge is -2.02. The molecule has 0 spiro atoms. The minimum absolute atomic E-state index is 0.0749. The molecular weight excluding hydrogens is 458 g/mol. The minimum atomic E-state index is -0.0749. The van der Waals surface area contributed by atoms with Crippen LogP contribution in [0.15, 0.2) is 37.0 Å². The van der Waals surface area contributed by atoms with Crippen molar-refractivity contribution < 1.29 is 4.79 Å². The quantitative estimate of drug-likeness (QED) is 0.554. The number of halogens is 3. The van der Waals surface area contributed by atoms with E-state index in [1.54, 1.807) is 11.3 Å². The molecule has 0 saturated carbocycles. The molecule has 1 aliphatic heterocycles. The summed E-state index contributed by atoms with van der Waals surface area (Å²) in [6.45, 7) is 0. The average Bonchev–Trinajstić information content (AvgIpc) is 2.87. The Balaban J connectivity index is 2.18. The number of benzene rings is 1. The zero-order valence-corrected chi connectivity index (χ0v) is 14.9. The number of hydrogen-bond donors (Lipinski definition) is 1. The predicted octanol–water partition coefficient (Wildman–Crippen LogP) is 5.53. The van der Waals surface area contributed by atoms with Gasteiger partial charge in [0.25, 0.3) is 5.91 Å². The highest BCUT2D eigenvalue weighted by atomic mass is 79.9. The van der Waals surface area contributed by atoms with Crippen LogP contribution >= 0.6 is 59.1 Å². The molecule has 0 atom stereocenters. The van der Waals surface area contributed by atoms with Gasteiger partial charge in [-0.05, 0) is 61.5 Å². The van der Waals surface area contributed by atoms with E-state index in [4.69, 9.17) is 0 Å². The van der Waals surface area contributed by atoms with Crippen molar-refractivity contribution in [1.82, 2.24) is 0 Å². The van der Waals surface area contributed by atoms with Crippen LogP contribution in [-0.2, 0) is 4.79 Å². The van der Waals surface area contributed by atoms with E-state index >= 15 is 0 Å². The van der Waals surface area contributed by atoms with Gasteiger partial charge in [0.15, 0.2) is 0 Å². The van der Waals surface area contributed by atoms with Crippen molar-refractivity contribution in [2.24, 2.45) is 0 Å². The molecule has 0 unspecified atom stereocenters. The van der Waals surface area contributed by atoms with Crippen molar-refractivity contribution in [3.63, 3.8) is 0 Å². The Morgan fingerprint density at radius 3 is 2.63 bits per heavy atom. The van der Waals surface area contributed by atoms with Gasteiger partial charge in [0.05, 0.1) is 11.3 Å². The number of fused-ring (bicyclic) bond motifs is 1. The first kappa shape index (κ1) is 13.5. The first-order chi connectivity index (χ1) is 9.06. The molecule has 6 heteroatoms. The molecule has 1 aliphatic rings. The van der Waals surface area contributed by atoms with Crippen LogP contribution in [0.25, 0.3) is 11.6 Å². The van der Waals surface area contributed by atoms with Gasteiger partial charge in [-0.1, -0.05) is 15.9 Å². The molecule has 0 fully saturated rings. The van der Waals surface area contributed by atoms with Crippen LogP contribution in [0.1, 0.15) is 10.4 Å². The summed E-state index contributed by atoms with van der Waals surface area (Å²) in [6.07, 6.45) is 1.91. The number of carbonyl (C=O) groups excluding carboxylic acids is 1. The summed E-state index contributed by atoms with van der Waals surface area (Å²) in [5.74, 6) is -0.0749. The second kappa shape index (κ2) is 5.16. The van der Waals surface area contributed by atoms with Gasteiger partial charge in [-0.15, -0.1) is 11.3 Å². The molecule has 0 saturated heterocycles.